The summed E-state index contributed by atoms with van der Waals surface area (Å²) >= 11 is 0. The molecule has 0 spiro atoms. The Morgan fingerprint density at radius 3 is 2.29 bits per heavy atom. The van der Waals surface area contributed by atoms with Gasteiger partial charge in [0.1, 0.15) is 11.2 Å². The molecule has 3 aromatic rings. The second-order valence-electron chi connectivity index (χ2n) is 8.11. The molecular formula is C22H28N6O6S. The Bertz CT molecular complexity index is 1360. The normalized spacial score (nSPS) is 14.4. The number of nitrogen functional groups attached to an aromatic ring is 1. The Kier molecular flexibility index (Phi) is 8.04. The number of rotatable bonds is 5. The van der Waals surface area contributed by atoms with E-state index >= 15 is 0 Å². The summed E-state index contributed by atoms with van der Waals surface area (Å²) < 4.78 is 27.6. The lowest BCUT2D eigenvalue weighted by Gasteiger charge is -2.34. The zero-order chi connectivity index (χ0) is 25.8. The zero-order valence-electron chi connectivity index (χ0n) is 19.5. The largest absolute Gasteiger partial charge is 0.477 e. The number of carbonyl (C=O) groups is 1. The van der Waals surface area contributed by atoms with Crippen molar-refractivity contribution in [1.82, 2.24) is 19.4 Å². The highest BCUT2D eigenvalue weighted by molar-refractivity contribution is 7.85. The van der Waals surface area contributed by atoms with E-state index in [4.69, 9.17) is 10.3 Å². The molecule has 1 saturated heterocycles. The summed E-state index contributed by atoms with van der Waals surface area (Å²) in [5.41, 5.74) is 7.38. The van der Waals surface area contributed by atoms with Crippen molar-refractivity contribution in [2.75, 3.05) is 43.1 Å². The molecule has 1 fully saturated rings. The zero-order valence-corrected chi connectivity index (χ0v) is 20.3. The number of pyridine rings is 1. The minimum Gasteiger partial charge on any atom is -0.477 e. The van der Waals surface area contributed by atoms with Crippen molar-refractivity contribution in [2.45, 2.75) is 20.0 Å². The fourth-order valence-corrected chi connectivity index (χ4v) is 3.70. The number of aromatic nitrogens is 3. The van der Waals surface area contributed by atoms with Gasteiger partial charge < -0.3 is 20.3 Å². The van der Waals surface area contributed by atoms with Crippen molar-refractivity contribution < 1.29 is 22.9 Å². The third-order valence-electron chi connectivity index (χ3n) is 5.41. The molecule has 0 unspecified atom stereocenters. The van der Waals surface area contributed by atoms with Gasteiger partial charge in [-0.2, -0.15) is 13.4 Å². The molecule has 12 nitrogen and oxygen atoms in total. The number of nitrogens with zero attached hydrogens (tertiary/aromatic N) is 5. The Morgan fingerprint density at radius 1 is 1.14 bits per heavy atom. The summed E-state index contributed by atoms with van der Waals surface area (Å²) in [4.78, 5) is 37.2. The lowest BCUT2D eigenvalue weighted by atomic mass is 10.2. The van der Waals surface area contributed by atoms with Crippen molar-refractivity contribution in [1.29, 1.82) is 0 Å². The van der Waals surface area contributed by atoms with Crippen LogP contribution in [0.4, 0.5) is 11.6 Å². The molecule has 1 aromatic carbocycles. The second-order valence-corrected chi connectivity index (χ2v) is 9.57. The number of carboxylic acid groups (broad SMARTS) is 1. The molecule has 0 amide bonds. The minimum absolute atomic E-state index is 0.225. The molecule has 1 aliphatic rings. The van der Waals surface area contributed by atoms with Crippen LogP contribution in [0.3, 0.4) is 0 Å². The Balaban J connectivity index is 0.000000623. The number of hydrogen-bond donors (Lipinski definition) is 3. The van der Waals surface area contributed by atoms with Crippen LogP contribution in [0.15, 0.2) is 41.5 Å². The molecule has 13 heteroatoms. The van der Waals surface area contributed by atoms with E-state index in [-0.39, 0.29) is 10.9 Å². The van der Waals surface area contributed by atoms with Crippen molar-refractivity contribution in [3.8, 4) is 0 Å². The van der Waals surface area contributed by atoms with Crippen molar-refractivity contribution in [3.63, 3.8) is 0 Å². The van der Waals surface area contributed by atoms with E-state index in [1.165, 1.54) is 18.0 Å². The van der Waals surface area contributed by atoms with E-state index in [1.54, 1.807) is 4.57 Å². The number of benzene rings is 1. The predicted octanol–water partition coefficient (Wildman–Crippen LogP) is 0.918. The molecule has 1 aliphatic heterocycles. The molecular weight excluding hydrogens is 476 g/mol. The monoisotopic (exact) mass is 504 g/mol. The van der Waals surface area contributed by atoms with Crippen LogP contribution in [-0.2, 0) is 23.2 Å². The van der Waals surface area contributed by atoms with Crippen LogP contribution in [-0.4, -0.2) is 75.9 Å². The van der Waals surface area contributed by atoms with Gasteiger partial charge in [-0.15, -0.1) is 0 Å². The summed E-state index contributed by atoms with van der Waals surface area (Å²) in [6.07, 6.45) is 3.51. The quantitative estimate of drug-likeness (QED) is 0.333. The van der Waals surface area contributed by atoms with Gasteiger partial charge in [-0.25, -0.2) is 9.78 Å². The number of carboxylic acids is 1. The third-order valence-corrected chi connectivity index (χ3v) is 5.41. The molecule has 4 N–H and O–H groups in total. The first-order valence-corrected chi connectivity index (χ1v) is 12.7. The Labute approximate surface area is 202 Å². The molecule has 0 radical (unpaired) electrons. The first-order chi connectivity index (χ1) is 16.5. The minimum atomic E-state index is -3.67. The number of aromatic carboxylic acids is 1. The molecule has 188 valence electrons. The standard InChI is InChI=1S/C21H24N6O3.CH4O3S/c1-2-26-13-17(20(29)30)18(28)16-11-23-21(24-19(16)26)27-9-7-25(8-10-27)12-14-3-5-15(22)6-4-14;1-5(2,3)4/h3-6,11,13H,2,7-10,12,22H2,1H3,(H,29,30);1H3,(H,2,3,4). The van der Waals surface area contributed by atoms with Crippen LogP contribution in [0, 0.1) is 0 Å². The van der Waals surface area contributed by atoms with Gasteiger partial charge in [0.25, 0.3) is 10.1 Å². The molecule has 4 rings (SSSR count). The first kappa shape index (κ1) is 26.1. The number of anilines is 2. The number of aryl methyl sites for hydroxylation is 1. The maximum atomic E-state index is 12.5. The molecule has 0 saturated carbocycles. The number of hydrogen-bond acceptors (Lipinski definition) is 9. The Morgan fingerprint density at radius 2 is 1.74 bits per heavy atom. The van der Waals surface area contributed by atoms with Crippen LogP contribution in [0.2, 0.25) is 0 Å². The summed E-state index contributed by atoms with van der Waals surface area (Å²) in [7, 11) is -3.67. The highest BCUT2D eigenvalue weighted by atomic mass is 32.2. The summed E-state index contributed by atoms with van der Waals surface area (Å²) in [5, 5.41) is 9.50. The summed E-state index contributed by atoms with van der Waals surface area (Å²) in [6.45, 7) is 6.51. The van der Waals surface area contributed by atoms with Crippen LogP contribution in [0.5, 0.6) is 0 Å². The maximum Gasteiger partial charge on any atom is 0.341 e. The molecule has 2 aromatic heterocycles. The number of fused-ring (bicyclic) bond motifs is 1. The van der Waals surface area contributed by atoms with E-state index in [9.17, 15) is 23.1 Å². The molecule has 3 heterocycles. The highest BCUT2D eigenvalue weighted by Crippen LogP contribution is 2.17. The van der Waals surface area contributed by atoms with Gasteiger partial charge in [0.15, 0.2) is 0 Å². The van der Waals surface area contributed by atoms with Gasteiger partial charge in [-0.1, -0.05) is 12.1 Å². The topological polar surface area (TPSA) is 172 Å². The summed E-state index contributed by atoms with van der Waals surface area (Å²) in [6, 6.07) is 7.92. The van der Waals surface area contributed by atoms with Gasteiger partial charge >= 0.3 is 5.97 Å². The van der Waals surface area contributed by atoms with Gasteiger partial charge in [-0.05, 0) is 24.6 Å². The summed E-state index contributed by atoms with van der Waals surface area (Å²) in [5.74, 6) is -0.690. The van der Waals surface area contributed by atoms with Gasteiger partial charge in [0.05, 0.1) is 11.6 Å². The SMILES string of the molecule is CCn1cc(C(=O)O)c(=O)c2cnc(N3CCN(Cc4ccc(N)cc4)CC3)nc21.CS(=O)(=O)O. The van der Waals surface area contributed by atoms with E-state index < -0.39 is 21.5 Å². The van der Waals surface area contributed by atoms with Gasteiger partial charge in [0, 0.05) is 57.3 Å². The van der Waals surface area contributed by atoms with Gasteiger partial charge in [-0.3, -0.25) is 14.2 Å². The highest BCUT2D eigenvalue weighted by Gasteiger charge is 2.21. The van der Waals surface area contributed by atoms with Crippen molar-refractivity contribution >= 4 is 38.8 Å². The van der Waals surface area contributed by atoms with Crippen LogP contribution >= 0.6 is 0 Å². The number of piperazine rings is 1. The fourth-order valence-electron chi connectivity index (χ4n) is 3.70. The average Bonchev–Trinajstić information content (AvgIpc) is 2.80. The first-order valence-electron chi connectivity index (χ1n) is 10.8. The smallest absolute Gasteiger partial charge is 0.341 e. The molecule has 0 bridgehead atoms. The third kappa shape index (κ3) is 6.97. The Hall–Kier alpha value is -3.55. The van der Waals surface area contributed by atoms with E-state index in [0.29, 0.717) is 24.4 Å². The lowest BCUT2D eigenvalue weighted by Crippen LogP contribution is -2.46. The molecule has 0 aliphatic carbocycles. The van der Waals surface area contributed by atoms with Crippen molar-refractivity contribution in [2.24, 2.45) is 0 Å². The van der Waals surface area contributed by atoms with Crippen LogP contribution in [0.25, 0.3) is 11.0 Å². The van der Waals surface area contributed by atoms with E-state index in [2.05, 4.69) is 19.8 Å². The van der Waals surface area contributed by atoms with E-state index in [1.807, 2.05) is 31.2 Å². The van der Waals surface area contributed by atoms with Gasteiger partial charge in [0.2, 0.25) is 11.4 Å². The average molecular weight is 505 g/mol. The van der Waals surface area contributed by atoms with Crippen molar-refractivity contribution in [3.05, 3.63) is 58.0 Å². The van der Waals surface area contributed by atoms with Crippen LogP contribution in [0.1, 0.15) is 22.8 Å². The van der Waals surface area contributed by atoms with Crippen LogP contribution < -0.4 is 16.1 Å². The maximum absolute atomic E-state index is 12.5. The number of nitrogens with two attached hydrogens (primary N) is 1. The molecule has 0 atom stereocenters. The second kappa shape index (κ2) is 10.8. The fraction of sp³-hybridized carbons (Fsp3) is 0.364. The lowest BCUT2D eigenvalue weighted by molar-refractivity contribution is 0.0694. The molecule has 35 heavy (non-hydrogen) atoms. The van der Waals surface area contributed by atoms with E-state index in [0.717, 1.165) is 38.4 Å². The predicted molar refractivity (Wildman–Crippen MR) is 132 cm³/mol.